The second-order valence-electron chi connectivity index (χ2n) is 2.95. The standard InChI is InChI=1S/C8H14N2O3/c1-2-9-3-4-10(5-7(9)12)8(13)6-11/h11H,2-6H2,1H3. The molecule has 2 amide bonds. The minimum atomic E-state index is -0.514. The number of rotatable bonds is 2. The summed E-state index contributed by atoms with van der Waals surface area (Å²) in [5, 5.41) is 8.58. The van der Waals surface area contributed by atoms with E-state index in [1.54, 1.807) is 4.90 Å². The van der Waals surface area contributed by atoms with Crippen molar-refractivity contribution >= 4 is 11.8 Å². The van der Waals surface area contributed by atoms with Crippen LogP contribution in [0.4, 0.5) is 0 Å². The van der Waals surface area contributed by atoms with Crippen LogP contribution in [0.25, 0.3) is 0 Å². The van der Waals surface area contributed by atoms with Gasteiger partial charge in [-0.15, -0.1) is 0 Å². The minimum absolute atomic E-state index is 0.0458. The highest BCUT2D eigenvalue weighted by Gasteiger charge is 2.25. The molecule has 5 nitrogen and oxygen atoms in total. The predicted octanol–water partition coefficient (Wildman–Crippen LogP) is -1.33. The van der Waals surface area contributed by atoms with E-state index >= 15 is 0 Å². The fourth-order valence-corrected chi connectivity index (χ4v) is 1.36. The Bertz CT molecular complexity index is 217. The first kappa shape index (κ1) is 9.98. The summed E-state index contributed by atoms with van der Waals surface area (Å²) >= 11 is 0. The second kappa shape index (κ2) is 4.23. The Labute approximate surface area is 76.9 Å². The molecule has 0 aromatic carbocycles. The molecule has 0 unspecified atom stereocenters. The van der Waals surface area contributed by atoms with Crippen molar-refractivity contribution in [1.82, 2.24) is 9.80 Å². The number of aliphatic hydroxyl groups is 1. The molecule has 0 saturated carbocycles. The van der Waals surface area contributed by atoms with Gasteiger partial charge in [0, 0.05) is 19.6 Å². The molecule has 0 atom stereocenters. The molecule has 1 saturated heterocycles. The van der Waals surface area contributed by atoms with Gasteiger partial charge in [0.25, 0.3) is 0 Å². The highest BCUT2D eigenvalue weighted by molar-refractivity contribution is 5.86. The van der Waals surface area contributed by atoms with Crippen molar-refractivity contribution in [2.45, 2.75) is 6.92 Å². The highest BCUT2D eigenvalue weighted by atomic mass is 16.3. The fourth-order valence-electron chi connectivity index (χ4n) is 1.36. The number of hydrogen-bond acceptors (Lipinski definition) is 3. The first-order chi connectivity index (χ1) is 6.19. The van der Waals surface area contributed by atoms with E-state index in [1.807, 2.05) is 6.92 Å². The number of piperazine rings is 1. The van der Waals surface area contributed by atoms with Crippen LogP contribution in [0.15, 0.2) is 0 Å². The van der Waals surface area contributed by atoms with Crippen LogP contribution < -0.4 is 0 Å². The molecule has 74 valence electrons. The molecule has 1 N–H and O–H groups in total. The van der Waals surface area contributed by atoms with Crippen molar-refractivity contribution in [2.75, 3.05) is 32.8 Å². The number of aliphatic hydroxyl groups excluding tert-OH is 1. The summed E-state index contributed by atoms with van der Waals surface area (Å²) in [6, 6.07) is 0. The highest BCUT2D eigenvalue weighted by Crippen LogP contribution is 2.02. The molecule has 1 aliphatic rings. The number of carbonyl (C=O) groups is 2. The number of hydrogen-bond donors (Lipinski definition) is 1. The van der Waals surface area contributed by atoms with Crippen molar-refractivity contribution in [1.29, 1.82) is 0 Å². The molecule has 0 radical (unpaired) electrons. The maximum Gasteiger partial charge on any atom is 0.248 e. The van der Waals surface area contributed by atoms with Gasteiger partial charge in [-0.1, -0.05) is 0 Å². The van der Waals surface area contributed by atoms with Gasteiger partial charge < -0.3 is 14.9 Å². The van der Waals surface area contributed by atoms with Gasteiger partial charge in [-0.05, 0) is 6.92 Å². The predicted molar refractivity (Wildman–Crippen MR) is 45.9 cm³/mol. The van der Waals surface area contributed by atoms with Crippen LogP contribution >= 0.6 is 0 Å². The molecule has 0 aromatic heterocycles. The number of carbonyl (C=O) groups excluding carboxylic acids is 2. The quantitative estimate of drug-likeness (QED) is 0.581. The topological polar surface area (TPSA) is 60.9 Å². The second-order valence-corrected chi connectivity index (χ2v) is 2.95. The third kappa shape index (κ3) is 2.18. The molecule has 1 aliphatic heterocycles. The van der Waals surface area contributed by atoms with Crippen molar-refractivity contribution in [3.63, 3.8) is 0 Å². The van der Waals surface area contributed by atoms with E-state index in [1.165, 1.54) is 4.90 Å². The van der Waals surface area contributed by atoms with Gasteiger partial charge in [-0.25, -0.2) is 0 Å². The maximum absolute atomic E-state index is 11.3. The van der Waals surface area contributed by atoms with E-state index in [4.69, 9.17) is 5.11 Å². The van der Waals surface area contributed by atoms with Crippen LogP contribution in [0.2, 0.25) is 0 Å². The maximum atomic E-state index is 11.3. The Morgan fingerprint density at radius 2 is 2.23 bits per heavy atom. The first-order valence-corrected chi connectivity index (χ1v) is 4.35. The Morgan fingerprint density at radius 1 is 1.54 bits per heavy atom. The molecule has 0 bridgehead atoms. The lowest BCUT2D eigenvalue weighted by Crippen LogP contribution is -2.52. The van der Waals surface area contributed by atoms with Crippen molar-refractivity contribution in [3.8, 4) is 0 Å². The van der Waals surface area contributed by atoms with Crippen LogP contribution in [-0.2, 0) is 9.59 Å². The van der Waals surface area contributed by atoms with E-state index in [2.05, 4.69) is 0 Å². The van der Waals surface area contributed by atoms with Gasteiger partial charge in [-0.2, -0.15) is 0 Å². The third-order valence-electron chi connectivity index (χ3n) is 2.19. The zero-order valence-corrected chi connectivity index (χ0v) is 7.69. The van der Waals surface area contributed by atoms with Crippen molar-refractivity contribution in [3.05, 3.63) is 0 Å². The van der Waals surface area contributed by atoms with Crippen LogP contribution in [0.3, 0.4) is 0 Å². The summed E-state index contributed by atoms with van der Waals surface area (Å²) in [4.78, 5) is 25.4. The number of likely N-dealkylation sites (N-methyl/N-ethyl adjacent to an activating group) is 1. The molecular formula is C8H14N2O3. The molecule has 5 heteroatoms. The van der Waals surface area contributed by atoms with Crippen LogP contribution in [-0.4, -0.2) is 59.5 Å². The summed E-state index contributed by atoms with van der Waals surface area (Å²) in [7, 11) is 0. The summed E-state index contributed by atoms with van der Waals surface area (Å²) < 4.78 is 0. The molecule has 0 spiro atoms. The Kier molecular flexibility index (Phi) is 3.25. The Hall–Kier alpha value is -1.10. The molecule has 13 heavy (non-hydrogen) atoms. The first-order valence-electron chi connectivity index (χ1n) is 4.35. The largest absolute Gasteiger partial charge is 0.387 e. The number of amides is 2. The molecular weight excluding hydrogens is 172 g/mol. The van der Waals surface area contributed by atoms with Crippen LogP contribution in [0.1, 0.15) is 6.92 Å². The lowest BCUT2D eigenvalue weighted by molar-refractivity contribution is -0.146. The normalized spacial score (nSPS) is 17.8. The molecule has 1 rings (SSSR count). The number of nitrogens with zero attached hydrogens (tertiary/aromatic N) is 2. The smallest absolute Gasteiger partial charge is 0.248 e. The van der Waals surface area contributed by atoms with Gasteiger partial charge >= 0.3 is 0 Å². The van der Waals surface area contributed by atoms with Gasteiger partial charge in [0.15, 0.2) is 0 Å². The monoisotopic (exact) mass is 186 g/mol. The zero-order valence-electron chi connectivity index (χ0n) is 7.69. The van der Waals surface area contributed by atoms with E-state index in [0.717, 1.165) is 0 Å². The van der Waals surface area contributed by atoms with Crippen molar-refractivity contribution in [2.24, 2.45) is 0 Å². The van der Waals surface area contributed by atoms with Gasteiger partial charge in [0.05, 0.1) is 6.54 Å². The van der Waals surface area contributed by atoms with Gasteiger partial charge in [-0.3, -0.25) is 9.59 Å². The summed E-state index contributed by atoms with van der Waals surface area (Å²) in [6.07, 6.45) is 0. The zero-order chi connectivity index (χ0) is 9.84. The lowest BCUT2D eigenvalue weighted by atomic mass is 10.3. The van der Waals surface area contributed by atoms with Gasteiger partial charge in [0.2, 0.25) is 11.8 Å². The third-order valence-corrected chi connectivity index (χ3v) is 2.19. The fraction of sp³-hybridized carbons (Fsp3) is 0.750. The molecule has 0 aliphatic carbocycles. The average Bonchev–Trinajstić information content (AvgIpc) is 2.16. The van der Waals surface area contributed by atoms with E-state index in [0.29, 0.717) is 19.6 Å². The molecule has 1 heterocycles. The SMILES string of the molecule is CCN1CCN(C(=O)CO)CC1=O. The summed E-state index contributed by atoms with van der Waals surface area (Å²) in [5.74, 6) is -0.417. The van der Waals surface area contributed by atoms with Crippen molar-refractivity contribution < 1.29 is 14.7 Å². The van der Waals surface area contributed by atoms with E-state index < -0.39 is 6.61 Å². The van der Waals surface area contributed by atoms with E-state index in [-0.39, 0.29) is 18.4 Å². The van der Waals surface area contributed by atoms with Crippen LogP contribution in [0, 0.1) is 0 Å². The average molecular weight is 186 g/mol. The van der Waals surface area contributed by atoms with Crippen LogP contribution in [0.5, 0.6) is 0 Å². The summed E-state index contributed by atoms with van der Waals surface area (Å²) in [6.45, 7) is 3.27. The summed E-state index contributed by atoms with van der Waals surface area (Å²) in [5.41, 5.74) is 0. The lowest BCUT2D eigenvalue weighted by Gasteiger charge is -2.33. The van der Waals surface area contributed by atoms with E-state index in [9.17, 15) is 9.59 Å². The molecule has 0 aromatic rings. The molecule has 1 fully saturated rings. The minimum Gasteiger partial charge on any atom is -0.387 e. The Morgan fingerprint density at radius 3 is 2.69 bits per heavy atom. The van der Waals surface area contributed by atoms with Gasteiger partial charge in [0.1, 0.15) is 6.61 Å². The Balaban J connectivity index is 2.50.